The quantitative estimate of drug-likeness (QED) is 0.480. The largest absolute Gasteiger partial charge is 0.362 e. The summed E-state index contributed by atoms with van der Waals surface area (Å²) in [4.78, 5) is 2.37. The van der Waals surface area contributed by atoms with Crippen molar-refractivity contribution in [2.75, 3.05) is 39.5 Å². The Labute approximate surface area is 173 Å². The van der Waals surface area contributed by atoms with Crippen molar-refractivity contribution >= 4 is 33.0 Å². The van der Waals surface area contributed by atoms with Gasteiger partial charge in [-0.25, -0.2) is 8.42 Å². The van der Waals surface area contributed by atoms with Gasteiger partial charge in [-0.3, -0.25) is 0 Å². The van der Waals surface area contributed by atoms with Gasteiger partial charge >= 0.3 is 0 Å². The smallest absolute Gasteiger partial charge is 0.243 e. The average Bonchev–Trinajstić information content (AvgIpc) is 2.66. The topological polar surface area (TPSA) is 64.7 Å². The van der Waals surface area contributed by atoms with Crippen LogP contribution in [0.2, 0.25) is 0 Å². The van der Waals surface area contributed by atoms with Crippen LogP contribution in [0.5, 0.6) is 0 Å². The van der Waals surface area contributed by atoms with E-state index in [2.05, 4.69) is 15.5 Å². The van der Waals surface area contributed by atoms with Gasteiger partial charge in [0.05, 0.1) is 4.90 Å². The van der Waals surface area contributed by atoms with Crippen molar-refractivity contribution in [3.63, 3.8) is 0 Å². The molecule has 0 aliphatic carbocycles. The van der Waals surface area contributed by atoms with E-state index in [1.807, 2.05) is 44.4 Å². The molecule has 0 heterocycles. The first-order valence-corrected chi connectivity index (χ1v) is 10.9. The zero-order valence-corrected chi connectivity index (χ0v) is 18.2. The van der Waals surface area contributed by atoms with E-state index in [0.717, 1.165) is 30.8 Å². The number of hydrogen-bond donors (Lipinski definition) is 2. The maximum atomic E-state index is 12.8. The van der Waals surface area contributed by atoms with Gasteiger partial charge in [-0.2, -0.15) is 4.31 Å². The number of nitrogens with zero attached hydrogens (tertiary/aromatic N) is 2. The molecule has 2 aromatic rings. The van der Waals surface area contributed by atoms with Crippen LogP contribution < -0.4 is 10.6 Å². The van der Waals surface area contributed by atoms with E-state index >= 15 is 0 Å². The molecule has 0 bridgehead atoms. The lowest BCUT2D eigenvalue weighted by molar-refractivity contribution is 0.400. The monoisotopic (exact) mass is 420 g/mol. The molecular formula is C20H28N4O2S2. The van der Waals surface area contributed by atoms with E-state index in [9.17, 15) is 8.42 Å². The van der Waals surface area contributed by atoms with Crippen LogP contribution in [0.1, 0.15) is 12.0 Å². The van der Waals surface area contributed by atoms with Crippen LogP contribution in [0.4, 0.5) is 5.69 Å². The van der Waals surface area contributed by atoms with E-state index < -0.39 is 10.0 Å². The number of thiocarbonyl (C=S) groups is 1. The molecule has 0 aromatic heterocycles. The molecule has 0 saturated carbocycles. The highest BCUT2D eigenvalue weighted by atomic mass is 32.2. The number of benzene rings is 2. The Kier molecular flexibility index (Phi) is 8.37. The van der Waals surface area contributed by atoms with Gasteiger partial charge in [-0.1, -0.05) is 30.3 Å². The molecule has 152 valence electrons. The molecule has 0 amide bonds. The van der Waals surface area contributed by atoms with Crippen molar-refractivity contribution in [2.24, 2.45) is 0 Å². The Morgan fingerprint density at radius 1 is 1.00 bits per heavy atom. The maximum Gasteiger partial charge on any atom is 0.243 e. The lowest BCUT2D eigenvalue weighted by atomic mass is 10.2. The molecule has 0 fully saturated rings. The molecule has 2 rings (SSSR count). The average molecular weight is 421 g/mol. The third-order valence-corrected chi connectivity index (χ3v) is 6.20. The number of rotatable bonds is 9. The fraction of sp³-hybridized carbons (Fsp3) is 0.350. The summed E-state index contributed by atoms with van der Waals surface area (Å²) in [5, 5.41) is 6.74. The summed E-state index contributed by atoms with van der Waals surface area (Å²) in [7, 11) is 2.09. The summed E-state index contributed by atoms with van der Waals surface area (Å²) in [6, 6.07) is 16.1. The fourth-order valence-corrected chi connectivity index (χ4v) is 3.97. The van der Waals surface area contributed by atoms with Crippen LogP contribution in [-0.2, 0) is 16.6 Å². The standard InChI is InChI=1S/C20H28N4O2S2/c1-23(2)15-7-14-21-20(27)22-18-10-12-19(13-11-18)28(25,26)24(3)16-17-8-5-4-6-9-17/h4-6,8-13H,7,14-16H2,1-3H3,(H2,21,22,27). The van der Waals surface area contributed by atoms with Crippen LogP contribution in [0, 0.1) is 0 Å². The van der Waals surface area contributed by atoms with Crippen molar-refractivity contribution in [3.8, 4) is 0 Å². The third-order valence-electron chi connectivity index (χ3n) is 4.14. The highest BCUT2D eigenvalue weighted by Crippen LogP contribution is 2.19. The van der Waals surface area contributed by atoms with Gasteiger partial charge in [0.1, 0.15) is 0 Å². The molecule has 0 radical (unpaired) electrons. The molecule has 0 atom stereocenters. The lowest BCUT2D eigenvalue weighted by Gasteiger charge is -2.18. The molecule has 28 heavy (non-hydrogen) atoms. The Morgan fingerprint density at radius 2 is 1.64 bits per heavy atom. The highest BCUT2D eigenvalue weighted by molar-refractivity contribution is 7.89. The van der Waals surface area contributed by atoms with Gasteiger partial charge < -0.3 is 15.5 Å². The first-order chi connectivity index (χ1) is 13.3. The van der Waals surface area contributed by atoms with Gasteiger partial charge in [0, 0.05) is 25.8 Å². The zero-order valence-electron chi connectivity index (χ0n) is 16.6. The highest BCUT2D eigenvalue weighted by Gasteiger charge is 2.20. The second kappa shape index (κ2) is 10.5. The molecule has 2 N–H and O–H groups in total. The van der Waals surface area contributed by atoms with Gasteiger partial charge in [0.15, 0.2) is 5.11 Å². The number of hydrogen-bond acceptors (Lipinski definition) is 4. The first kappa shape index (κ1) is 22.3. The van der Waals surface area contributed by atoms with Crippen molar-refractivity contribution in [3.05, 3.63) is 60.2 Å². The van der Waals surface area contributed by atoms with Crippen LogP contribution in [-0.4, -0.2) is 57.0 Å². The molecule has 0 unspecified atom stereocenters. The molecule has 0 aliphatic heterocycles. The molecule has 0 aliphatic rings. The summed E-state index contributed by atoms with van der Waals surface area (Å²) < 4.78 is 26.9. The minimum absolute atomic E-state index is 0.251. The first-order valence-electron chi connectivity index (χ1n) is 9.09. The van der Waals surface area contributed by atoms with Crippen molar-refractivity contribution < 1.29 is 8.42 Å². The van der Waals surface area contributed by atoms with E-state index in [1.54, 1.807) is 31.3 Å². The normalized spacial score (nSPS) is 11.6. The van der Waals surface area contributed by atoms with E-state index in [4.69, 9.17) is 12.2 Å². The second-order valence-corrected chi connectivity index (χ2v) is 9.26. The number of sulfonamides is 1. The SMILES string of the molecule is CN(C)CCCNC(=S)Nc1ccc(S(=O)(=O)N(C)Cc2ccccc2)cc1. The Morgan fingerprint density at radius 3 is 2.25 bits per heavy atom. The third kappa shape index (κ3) is 6.87. The predicted molar refractivity (Wildman–Crippen MR) is 119 cm³/mol. The predicted octanol–water partition coefficient (Wildman–Crippen LogP) is 2.75. The van der Waals surface area contributed by atoms with Crippen LogP contribution in [0.15, 0.2) is 59.5 Å². The number of anilines is 1. The lowest BCUT2D eigenvalue weighted by Crippen LogP contribution is -2.31. The molecular weight excluding hydrogens is 392 g/mol. The van der Waals surface area contributed by atoms with Crippen LogP contribution in [0.25, 0.3) is 0 Å². The molecule has 0 spiro atoms. The summed E-state index contributed by atoms with van der Waals surface area (Å²) in [5.74, 6) is 0. The minimum Gasteiger partial charge on any atom is -0.362 e. The van der Waals surface area contributed by atoms with Crippen LogP contribution >= 0.6 is 12.2 Å². The van der Waals surface area contributed by atoms with Gasteiger partial charge in [-0.15, -0.1) is 0 Å². The summed E-state index contributed by atoms with van der Waals surface area (Å²) >= 11 is 5.27. The molecule has 2 aromatic carbocycles. The molecule has 8 heteroatoms. The van der Waals surface area contributed by atoms with E-state index in [1.165, 1.54) is 4.31 Å². The summed E-state index contributed by atoms with van der Waals surface area (Å²) in [5.41, 5.74) is 1.69. The Hall–Kier alpha value is -2.00. The minimum atomic E-state index is -3.56. The van der Waals surface area contributed by atoms with Gasteiger partial charge in [-0.05, 0) is 69.1 Å². The fourth-order valence-electron chi connectivity index (χ4n) is 2.59. The number of nitrogens with one attached hydrogen (secondary N) is 2. The van der Waals surface area contributed by atoms with E-state index in [0.29, 0.717) is 11.7 Å². The van der Waals surface area contributed by atoms with Crippen LogP contribution in [0.3, 0.4) is 0 Å². The second-order valence-electron chi connectivity index (χ2n) is 6.81. The zero-order chi connectivity index (χ0) is 20.6. The summed E-state index contributed by atoms with van der Waals surface area (Å²) in [6.45, 7) is 2.09. The van der Waals surface area contributed by atoms with Gasteiger partial charge in [0.25, 0.3) is 0 Å². The van der Waals surface area contributed by atoms with Crippen molar-refractivity contribution in [1.82, 2.24) is 14.5 Å². The van der Waals surface area contributed by atoms with Crippen molar-refractivity contribution in [1.29, 1.82) is 0 Å². The van der Waals surface area contributed by atoms with Crippen molar-refractivity contribution in [2.45, 2.75) is 17.9 Å². The molecule has 6 nitrogen and oxygen atoms in total. The maximum absolute atomic E-state index is 12.8. The van der Waals surface area contributed by atoms with Gasteiger partial charge in [0.2, 0.25) is 10.0 Å². The van der Waals surface area contributed by atoms with E-state index in [-0.39, 0.29) is 4.90 Å². The summed E-state index contributed by atoms with van der Waals surface area (Å²) in [6.07, 6.45) is 0.986. The Bertz CT molecular complexity index is 854. The Balaban J connectivity index is 1.92. The molecule has 0 saturated heterocycles.